The third-order valence-electron chi connectivity index (χ3n) is 4.82. The molecule has 2 aromatic heterocycles. The highest BCUT2D eigenvalue weighted by atomic mass is 32.5. The number of aromatic nitrogens is 4. The maximum Gasteiger partial charge on any atom is 0.321 e. The van der Waals surface area contributed by atoms with Crippen LogP contribution >= 0.6 is 6.72 Å². The van der Waals surface area contributed by atoms with Gasteiger partial charge in [-0.1, -0.05) is 30.3 Å². The Morgan fingerprint density at radius 1 is 1.23 bits per heavy atom. The molecule has 4 atom stereocenters. The Hall–Kier alpha value is -2.02. The molecule has 30 heavy (non-hydrogen) atoms. The largest absolute Gasteiger partial charge is 0.389 e. The molecule has 4 rings (SSSR count). The van der Waals surface area contributed by atoms with E-state index >= 15 is 0 Å². The molecule has 0 amide bonds. The van der Waals surface area contributed by atoms with Gasteiger partial charge in [0.15, 0.2) is 17.7 Å². The average molecular weight is 452 g/mol. The van der Waals surface area contributed by atoms with E-state index in [1.54, 1.807) is 4.57 Å². The summed E-state index contributed by atoms with van der Waals surface area (Å²) < 4.78 is 12.6. The first-order valence-electron chi connectivity index (χ1n) is 9.07. The summed E-state index contributed by atoms with van der Waals surface area (Å²) >= 11 is 4.49. The lowest BCUT2D eigenvalue weighted by atomic mass is 10.1. The van der Waals surface area contributed by atoms with Gasteiger partial charge in [-0.25, -0.2) is 15.0 Å². The molecule has 1 fully saturated rings. The van der Waals surface area contributed by atoms with E-state index < -0.39 is 31.2 Å². The third kappa shape index (κ3) is 4.51. The predicted molar refractivity (Wildman–Crippen MR) is 111 cm³/mol. The Morgan fingerprint density at radius 3 is 2.73 bits per heavy atom. The number of nitrogens with two attached hydrogens (primary N) is 1. The summed E-state index contributed by atoms with van der Waals surface area (Å²) in [5.74, 6) is 0.229. The number of aliphatic hydroxyl groups excluding tert-OH is 1. The topological polar surface area (TPSA) is 161 Å². The molecule has 1 aromatic carbocycles. The second kappa shape index (κ2) is 8.61. The van der Waals surface area contributed by atoms with Crippen molar-refractivity contribution in [3.05, 3.63) is 48.5 Å². The van der Waals surface area contributed by atoms with E-state index in [1.807, 2.05) is 30.3 Å². The normalized spacial score (nSPS) is 24.5. The molecule has 11 nitrogen and oxygen atoms in total. The summed E-state index contributed by atoms with van der Waals surface area (Å²) in [5, 5.41) is 14.2. The van der Waals surface area contributed by atoms with Gasteiger partial charge in [0.05, 0.1) is 19.0 Å². The SMILES string of the molecule is Nc1ncnc2c1ncn2[C@@H]1O[C@H](COP(O)(O)=S)[C@@H](O)[C@H]1NCc1ccccc1. The molecule has 0 unspecified atom stereocenters. The van der Waals surface area contributed by atoms with Gasteiger partial charge < -0.3 is 35.2 Å². The zero-order valence-corrected chi connectivity index (χ0v) is 17.4. The molecule has 0 spiro atoms. The first-order chi connectivity index (χ1) is 14.3. The van der Waals surface area contributed by atoms with Gasteiger partial charge in [-0.05, 0) is 17.4 Å². The predicted octanol–water partition coefficient (Wildman–Crippen LogP) is 0.0509. The standard InChI is InChI=1S/C17H21N6O5PS/c18-15-13-16(21-8-20-15)23(9-22-13)17-12(19-6-10-4-2-1-3-5-10)14(24)11(28-17)7-27-29(25,26)30/h1-5,8-9,11-12,14,17,19,24H,6-7H2,(H2,18,20,21)(H2,25,26,30)/t11-,12-,14-,17-/m1/s1. The van der Waals surface area contributed by atoms with Crippen molar-refractivity contribution >= 4 is 35.5 Å². The van der Waals surface area contributed by atoms with E-state index in [-0.39, 0.29) is 12.4 Å². The van der Waals surface area contributed by atoms with Crippen LogP contribution in [0.4, 0.5) is 5.82 Å². The van der Waals surface area contributed by atoms with Crippen LogP contribution < -0.4 is 11.1 Å². The van der Waals surface area contributed by atoms with Gasteiger partial charge in [-0.2, -0.15) is 0 Å². The number of imidazole rings is 1. The Morgan fingerprint density at radius 2 is 2.00 bits per heavy atom. The van der Waals surface area contributed by atoms with Crippen molar-refractivity contribution in [1.29, 1.82) is 0 Å². The Labute approximate surface area is 176 Å². The lowest BCUT2D eigenvalue weighted by Crippen LogP contribution is -2.43. The van der Waals surface area contributed by atoms with Gasteiger partial charge in [0, 0.05) is 6.54 Å². The molecule has 0 bridgehead atoms. The molecule has 6 N–H and O–H groups in total. The second-order valence-corrected chi connectivity index (χ2v) is 9.48. The highest BCUT2D eigenvalue weighted by Gasteiger charge is 2.45. The number of fused-ring (bicyclic) bond motifs is 1. The van der Waals surface area contributed by atoms with Gasteiger partial charge in [-0.3, -0.25) is 4.57 Å². The monoisotopic (exact) mass is 452 g/mol. The summed E-state index contributed by atoms with van der Waals surface area (Å²) in [6.45, 7) is -3.70. The number of nitrogens with zero attached hydrogens (tertiary/aromatic N) is 4. The van der Waals surface area contributed by atoms with Crippen LogP contribution in [0, 0.1) is 0 Å². The van der Waals surface area contributed by atoms with E-state index in [2.05, 4.69) is 32.1 Å². The molecule has 160 valence electrons. The van der Waals surface area contributed by atoms with E-state index in [0.29, 0.717) is 17.7 Å². The fourth-order valence-corrected chi connectivity index (χ4v) is 3.92. The van der Waals surface area contributed by atoms with Crippen molar-refractivity contribution in [2.75, 3.05) is 12.3 Å². The number of hydrogen-bond acceptors (Lipinski definition) is 9. The molecule has 13 heteroatoms. The highest BCUT2D eigenvalue weighted by molar-refractivity contribution is 8.06. The first kappa shape index (κ1) is 21.2. The summed E-state index contributed by atoms with van der Waals surface area (Å²) in [7, 11) is 0. The smallest absolute Gasteiger partial charge is 0.321 e. The van der Waals surface area contributed by atoms with Crippen LogP contribution in [0.2, 0.25) is 0 Å². The minimum absolute atomic E-state index is 0.229. The third-order valence-corrected chi connectivity index (χ3v) is 5.62. The van der Waals surface area contributed by atoms with Gasteiger partial charge >= 0.3 is 6.72 Å². The Bertz CT molecular complexity index is 1060. The quantitative estimate of drug-likeness (QED) is 0.308. The first-order valence-corrected chi connectivity index (χ1v) is 11.7. The lowest BCUT2D eigenvalue weighted by Gasteiger charge is -2.23. The van der Waals surface area contributed by atoms with E-state index in [0.717, 1.165) is 5.56 Å². The number of nitrogen functional groups attached to an aromatic ring is 1. The molecule has 1 aliphatic heterocycles. The van der Waals surface area contributed by atoms with Crippen molar-refractivity contribution in [2.24, 2.45) is 0 Å². The minimum Gasteiger partial charge on any atom is -0.389 e. The molecule has 0 saturated carbocycles. The Kier molecular flexibility index (Phi) is 6.09. The van der Waals surface area contributed by atoms with Crippen LogP contribution in [0.3, 0.4) is 0 Å². The zero-order chi connectivity index (χ0) is 21.3. The van der Waals surface area contributed by atoms with Crippen molar-refractivity contribution in [3.8, 4) is 0 Å². The van der Waals surface area contributed by atoms with E-state index in [4.69, 9.17) is 15.0 Å². The number of ether oxygens (including phenoxy) is 1. The molecule has 1 aliphatic rings. The van der Waals surface area contributed by atoms with Gasteiger partial charge in [0.25, 0.3) is 0 Å². The molecule has 1 saturated heterocycles. The number of rotatable bonds is 7. The molecule has 0 aliphatic carbocycles. The summed E-state index contributed by atoms with van der Waals surface area (Å²) in [6, 6.07) is 9.10. The summed E-state index contributed by atoms with van der Waals surface area (Å²) in [4.78, 5) is 31.1. The van der Waals surface area contributed by atoms with Crippen molar-refractivity contribution in [2.45, 2.75) is 31.0 Å². The zero-order valence-electron chi connectivity index (χ0n) is 15.6. The maximum absolute atomic E-state index is 10.9. The molecule has 3 aromatic rings. The number of aliphatic hydroxyl groups is 1. The number of benzene rings is 1. The van der Waals surface area contributed by atoms with E-state index in [1.165, 1.54) is 12.7 Å². The molecule has 0 radical (unpaired) electrons. The van der Waals surface area contributed by atoms with Gasteiger partial charge in [-0.15, -0.1) is 0 Å². The minimum atomic E-state index is -3.89. The summed E-state index contributed by atoms with van der Waals surface area (Å²) in [6.07, 6.45) is 0.225. The molecular formula is C17H21N6O5PS. The van der Waals surface area contributed by atoms with Crippen molar-refractivity contribution < 1.29 is 24.2 Å². The van der Waals surface area contributed by atoms with Crippen LogP contribution in [-0.2, 0) is 27.6 Å². The highest BCUT2D eigenvalue weighted by Crippen LogP contribution is 2.39. The number of anilines is 1. The van der Waals surface area contributed by atoms with Crippen LogP contribution in [0.5, 0.6) is 0 Å². The van der Waals surface area contributed by atoms with E-state index in [9.17, 15) is 14.9 Å². The Balaban J connectivity index is 1.62. The fourth-order valence-electron chi connectivity index (χ4n) is 3.40. The second-order valence-electron chi connectivity index (χ2n) is 6.82. The number of hydrogen-bond donors (Lipinski definition) is 5. The van der Waals surface area contributed by atoms with Crippen LogP contribution in [-0.4, -0.2) is 59.3 Å². The van der Waals surface area contributed by atoms with Gasteiger partial charge in [0.2, 0.25) is 0 Å². The molecule has 3 heterocycles. The van der Waals surface area contributed by atoms with Crippen LogP contribution in [0.15, 0.2) is 43.0 Å². The maximum atomic E-state index is 10.9. The van der Waals surface area contributed by atoms with Crippen molar-refractivity contribution in [1.82, 2.24) is 24.8 Å². The number of nitrogens with one attached hydrogen (secondary N) is 1. The van der Waals surface area contributed by atoms with Gasteiger partial charge in [0.1, 0.15) is 24.1 Å². The van der Waals surface area contributed by atoms with Crippen molar-refractivity contribution in [3.63, 3.8) is 0 Å². The fraction of sp³-hybridized carbons (Fsp3) is 0.353. The average Bonchev–Trinajstić information content (AvgIpc) is 3.27. The lowest BCUT2D eigenvalue weighted by molar-refractivity contribution is -0.0409. The van der Waals surface area contributed by atoms with Crippen LogP contribution in [0.25, 0.3) is 11.2 Å². The van der Waals surface area contributed by atoms with Crippen LogP contribution in [0.1, 0.15) is 11.8 Å². The molecular weight excluding hydrogens is 431 g/mol. The summed E-state index contributed by atoms with van der Waals surface area (Å²) in [5.41, 5.74) is 7.75.